The van der Waals surface area contributed by atoms with Gasteiger partial charge in [-0.3, -0.25) is 4.98 Å². The lowest BCUT2D eigenvalue weighted by Crippen LogP contribution is -2.04. The van der Waals surface area contributed by atoms with E-state index in [4.69, 9.17) is 9.47 Å². The highest BCUT2D eigenvalue weighted by molar-refractivity contribution is 5.64. The zero-order valence-electron chi connectivity index (χ0n) is 10.3. The topological polar surface area (TPSA) is 48.4 Å². The van der Waals surface area contributed by atoms with Crippen LogP contribution < -0.4 is 9.47 Å². The molecular weight excluding hydrogens is 242 g/mol. The van der Waals surface area contributed by atoms with E-state index in [2.05, 4.69) is 4.98 Å². The normalized spacial score (nSPS) is 14.1. The number of carbonyl (C=O) groups excluding carboxylic acids is 1. The monoisotopic (exact) mass is 255 g/mol. The maximum absolute atomic E-state index is 11.3. The lowest BCUT2D eigenvalue weighted by molar-refractivity contribution is -0.109. The van der Waals surface area contributed by atoms with Crippen molar-refractivity contribution in [1.82, 2.24) is 4.98 Å². The lowest BCUT2D eigenvalue weighted by Gasteiger charge is -2.11. The molecule has 2 heterocycles. The van der Waals surface area contributed by atoms with E-state index >= 15 is 0 Å². The van der Waals surface area contributed by atoms with Crippen LogP contribution in [-0.4, -0.2) is 18.1 Å². The second-order valence-electron chi connectivity index (χ2n) is 4.41. The smallest absolute Gasteiger partial charge is 0.231 e. The third kappa shape index (κ3) is 2.42. The Morgan fingerprint density at radius 3 is 2.74 bits per heavy atom. The average Bonchev–Trinajstić information content (AvgIpc) is 2.93. The van der Waals surface area contributed by atoms with Gasteiger partial charge < -0.3 is 14.3 Å². The lowest BCUT2D eigenvalue weighted by atomic mass is 9.93. The van der Waals surface area contributed by atoms with E-state index in [-0.39, 0.29) is 12.7 Å². The highest BCUT2D eigenvalue weighted by Gasteiger charge is 2.18. The summed E-state index contributed by atoms with van der Waals surface area (Å²) in [5.41, 5.74) is 2.03. The SMILES string of the molecule is O=CC(Cc1ccncc1)c1ccc2c(c1)OCO2. The van der Waals surface area contributed by atoms with Crippen molar-refractivity contribution in [2.45, 2.75) is 12.3 Å². The first kappa shape index (κ1) is 11.7. The van der Waals surface area contributed by atoms with Gasteiger partial charge in [-0.2, -0.15) is 0 Å². The molecule has 0 N–H and O–H groups in total. The number of carbonyl (C=O) groups is 1. The summed E-state index contributed by atoms with van der Waals surface area (Å²) in [5, 5.41) is 0. The minimum Gasteiger partial charge on any atom is -0.454 e. The molecule has 0 aliphatic carbocycles. The Labute approximate surface area is 111 Å². The number of aldehydes is 1. The predicted molar refractivity (Wildman–Crippen MR) is 69.3 cm³/mol. The van der Waals surface area contributed by atoms with Crippen LogP contribution in [0.3, 0.4) is 0 Å². The van der Waals surface area contributed by atoms with Crippen molar-refractivity contribution in [2.75, 3.05) is 6.79 Å². The van der Waals surface area contributed by atoms with E-state index in [1.54, 1.807) is 12.4 Å². The molecule has 4 nitrogen and oxygen atoms in total. The molecule has 0 amide bonds. The van der Waals surface area contributed by atoms with Gasteiger partial charge in [0.15, 0.2) is 11.5 Å². The molecule has 0 saturated carbocycles. The second kappa shape index (κ2) is 5.10. The van der Waals surface area contributed by atoms with Crippen LogP contribution in [0.25, 0.3) is 0 Å². The Balaban J connectivity index is 1.84. The number of nitrogens with zero attached hydrogens (tertiary/aromatic N) is 1. The fraction of sp³-hybridized carbons (Fsp3) is 0.200. The number of fused-ring (bicyclic) bond motifs is 1. The van der Waals surface area contributed by atoms with Gasteiger partial charge in [-0.15, -0.1) is 0 Å². The zero-order chi connectivity index (χ0) is 13.1. The van der Waals surface area contributed by atoms with Crippen LogP contribution in [0.5, 0.6) is 11.5 Å². The Morgan fingerprint density at radius 1 is 1.16 bits per heavy atom. The molecule has 0 fully saturated rings. The van der Waals surface area contributed by atoms with Gasteiger partial charge in [0.05, 0.1) is 0 Å². The van der Waals surface area contributed by atoms with Crippen molar-refractivity contribution in [2.24, 2.45) is 0 Å². The van der Waals surface area contributed by atoms with Crippen molar-refractivity contribution < 1.29 is 14.3 Å². The minimum atomic E-state index is -0.183. The van der Waals surface area contributed by atoms with Gasteiger partial charge in [-0.25, -0.2) is 0 Å². The van der Waals surface area contributed by atoms with Gasteiger partial charge in [-0.1, -0.05) is 6.07 Å². The summed E-state index contributed by atoms with van der Waals surface area (Å²) in [6.07, 6.45) is 5.09. The molecular formula is C15H13NO3. The van der Waals surface area contributed by atoms with E-state index < -0.39 is 0 Å². The molecule has 1 aromatic heterocycles. The summed E-state index contributed by atoms with van der Waals surface area (Å²) in [4.78, 5) is 15.3. The molecule has 1 aliphatic heterocycles. The third-order valence-corrected chi connectivity index (χ3v) is 3.19. The second-order valence-corrected chi connectivity index (χ2v) is 4.41. The van der Waals surface area contributed by atoms with E-state index in [1.807, 2.05) is 30.3 Å². The predicted octanol–water partition coefficient (Wildman–Crippen LogP) is 2.34. The Bertz CT molecular complexity index is 583. The summed E-state index contributed by atoms with van der Waals surface area (Å²) >= 11 is 0. The van der Waals surface area contributed by atoms with Gasteiger partial charge in [0.1, 0.15) is 6.29 Å². The molecule has 19 heavy (non-hydrogen) atoms. The summed E-state index contributed by atoms with van der Waals surface area (Å²) in [5.74, 6) is 1.26. The summed E-state index contributed by atoms with van der Waals surface area (Å²) < 4.78 is 10.6. The number of ether oxygens (including phenoxy) is 2. The highest BCUT2D eigenvalue weighted by Crippen LogP contribution is 2.34. The fourth-order valence-electron chi connectivity index (χ4n) is 2.16. The molecule has 0 bridgehead atoms. The number of hydrogen-bond donors (Lipinski definition) is 0. The number of benzene rings is 1. The molecule has 1 unspecified atom stereocenters. The van der Waals surface area contributed by atoms with Crippen LogP contribution in [0.4, 0.5) is 0 Å². The van der Waals surface area contributed by atoms with Crippen molar-refractivity contribution in [3.8, 4) is 11.5 Å². The number of aromatic nitrogens is 1. The van der Waals surface area contributed by atoms with E-state index in [1.165, 1.54) is 0 Å². The average molecular weight is 255 g/mol. The minimum absolute atomic E-state index is 0.183. The Morgan fingerprint density at radius 2 is 1.95 bits per heavy atom. The molecule has 1 atom stereocenters. The maximum atomic E-state index is 11.3. The first-order valence-corrected chi connectivity index (χ1v) is 6.10. The number of pyridine rings is 1. The van der Waals surface area contributed by atoms with Gasteiger partial charge >= 0.3 is 0 Å². The van der Waals surface area contributed by atoms with Crippen LogP contribution in [0.2, 0.25) is 0 Å². The summed E-state index contributed by atoms with van der Waals surface area (Å²) in [7, 11) is 0. The molecule has 0 saturated heterocycles. The molecule has 3 rings (SSSR count). The van der Waals surface area contributed by atoms with Gasteiger partial charge in [0, 0.05) is 18.3 Å². The molecule has 1 aliphatic rings. The first-order valence-electron chi connectivity index (χ1n) is 6.10. The summed E-state index contributed by atoms with van der Waals surface area (Å²) in [6, 6.07) is 9.48. The largest absolute Gasteiger partial charge is 0.454 e. The van der Waals surface area contributed by atoms with Gasteiger partial charge in [0.25, 0.3) is 0 Å². The third-order valence-electron chi connectivity index (χ3n) is 3.19. The van der Waals surface area contributed by atoms with Crippen LogP contribution in [0.15, 0.2) is 42.7 Å². The van der Waals surface area contributed by atoms with Crippen molar-refractivity contribution in [3.63, 3.8) is 0 Å². The number of hydrogen-bond acceptors (Lipinski definition) is 4. The Kier molecular flexibility index (Phi) is 3.14. The molecule has 96 valence electrons. The fourth-order valence-corrected chi connectivity index (χ4v) is 2.16. The quantitative estimate of drug-likeness (QED) is 0.787. The Hall–Kier alpha value is -2.36. The molecule has 1 aromatic carbocycles. The van der Waals surface area contributed by atoms with E-state index in [9.17, 15) is 4.79 Å². The van der Waals surface area contributed by atoms with E-state index in [0.717, 1.165) is 23.2 Å². The first-order chi connectivity index (χ1) is 9.36. The number of rotatable bonds is 4. The van der Waals surface area contributed by atoms with Crippen molar-refractivity contribution in [1.29, 1.82) is 0 Å². The van der Waals surface area contributed by atoms with Gasteiger partial charge in [0.2, 0.25) is 6.79 Å². The van der Waals surface area contributed by atoms with Crippen LogP contribution in [-0.2, 0) is 11.2 Å². The standard InChI is InChI=1S/C15H13NO3/c17-9-13(7-11-3-5-16-6-4-11)12-1-2-14-15(8-12)19-10-18-14/h1-6,8-9,13H,7,10H2. The van der Waals surface area contributed by atoms with Crippen LogP contribution >= 0.6 is 0 Å². The maximum Gasteiger partial charge on any atom is 0.231 e. The van der Waals surface area contributed by atoms with Gasteiger partial charge in [-0.05, 0) is 41.8 Å². The van der Waals surface area contributed by atoms with Crippen LogP contribution in [0.1, 0.15) is 17.0 Å². The van der Waals surface area contributed by atoms with Crippen molar-refractivity contribution in [3.05, 3.63) is 53.9 Å². The molecule has 2 aromatic rings. The van der Waals surface area contributed by atoms with E-state index in [0.29, 0.717) is 12.2 Å². The van der Waals surface area contributed by atoms with Crippen molar-refractivity contribution >= 4 is 6.29 Å². The molecule has 0 spiro atoms. The molecule has 0 radical (unpaired) electrons. The molecule has 4 heteroatoms. The zero-order valence-corrected chi connectivity index (χ0v) is 10.3. The highest BCUT2D eigenvalue weighted by atomic mass is 16.7. The van der Waals surface area contributed by atoms with Crippen LogP contribution in [0, 0.1) is 0 Å². The summed E-state index contributed by atoms with van der Waals surface area (Å²) in [6.45, 7) is 0.245.